The summed E-state index contributed by atoms with van der Waals surface area (Å²) < 4.78 is 18.5. The first-order chi connectivity index (χ1) is 17.1. The molecular formula is C30H43NO4. The van der Waals surface area contributed by atoms with E-state index in [1.165, 1.54) is 56.1 Å². The van der Waals surface area contributed by atoms with Crippen LogP contribution in [-0.4, -0.2) is 49.8 Å². The third-order valence-electron chi connectivity index (χ3n) is 9.09. The Morgan fingerprint density at radius 2 is 1.83 bits per heavy atom. The number of nitrogens with zero attached hydrogens (tertiary/aromatic N) is 1. The van der Waals surface area contributed by atoms with Gasteiger partial charge in [-0.3, -0.25) is 4.79 Å². The largest absolute Gasteiger partial charge is 0.493 e. The number of methoxy groups -OCH3 is 1. The second kappa shape index (κ2) is 10.5. The fraction of sp³-hybridized carbons (Fsp3) is 0.700. The first kappa shape index (κ1) is 24.7. The molecule has 5 nitrogen and oxygen atoms in total. The summed E-state index contributed by atoms with van der Waals surface area (Å²) in [6, 6.07) is 4.71. The molecule has 1 saturated heterocycles. The molecule has 5 atom stereocenters. The highest BCUT2D eigenvalue weighted by atomic mass is 16.6. The van der Waals surface area contributed by atoms with Gasteiger partial charge in [-0.25, -0.2) is 0 Å². The van der Waals surface area contributed by atoms with E-state index in [0.29, 0.717) is 18.4 Å². The maximum absolute atomic E-state index is 12.8. The van der Waals surface area contributed by atoms with Crippen LogP contribution in [0.5, 0.6) is 11.5 Å². The van der Waals surface area contributed by atoms with Gasteiger partial charge in [-0.2, -0.15) is 0 Å². The van der Waals surface area contributed by atoms with Crippen molar-refractivity contribution in [3.05, 3.63) is 35.4 Å². The topological polar surface area (TPSA) is 48.0 Å². The molecule has 1 aromatic rings. The highest BCUT2D eigenvalue weighted by molar-refractivity contribution is 5.70. The van der Waals surface area contributed by atoms with Crippen molar-refractivity contribution in [2.75, 3.05) is 20.7 Å². The van der Waals surface area contributed by atoms with E-state index in [0.717, 1.165) is 43.7 Å². The molecule has 1 fully saturated rings. The van der Waals surface area contributed by atoms with Gasteiger partial charge in [-0.15, -0.1) is 0 Å². The molecule has 192 valence electrons. The van der Waals surface area contributed by atoms with Gasteiger partial charge < -0.3 is 19.1 Å². The first-order valence-corrected chi connectivity index (χ1v) is 14.0. The Kier molecular flexibility index (Phi) is 7.43. The van der Waals surface area contributed by atoms with E-state index in [2.05, 4.69) is 37.1 Å². The van der Waals surface area contributed by atoms with Gasteiger partial charge in [0, 0.05) is 29.4 Å². The standard InChI is InChI=1S/C30H43NO4/c1-4-5-6-7-8-9-10-11-12-13-26(32)34-25-17-15-22-23-20-21-14-16-24(33-3)28-27(21)30(22,29(25)35-28)18-19-31(23)2/h14-17,22-23,25,29H,4-13,18-20H2,1-3H3/t22-,23+,25-,29-,30-/m0/s1. The van der Waals surface area contributed by atoms with Gasteiger partial charge in [0.05, 0.1) is 7.11 Å². The number of hydrogen-bond donors (Lipinski definition) is 0. The van der Waals surface area contributed by atoms with Gasteiger partial charge in [0.2, 0.25) is 0 Å². The van der Waals surface area contributed by atoms with E-state index in [1.807, 2.05) is 6.07 Å². The summed E-state index contributed by atoms with van der Waals surface area (Å²) in [5.74, 6) is 1.96. The van der Waals surface area contributed by atoms with E-state index in [4.69, 9.17) is 14.2 Å². The van der Waals surface area contributed by atoms with Gasteiger partial charge in [0.25, 0.3) is 0 Å². The number of carbonyl (C=O) groups excluding carboxylic acids is 1. The van der Waals surface area contributed by atoms with Crippen LogP contribution in [0.3, 0.4) is 0 Å². The summed E-state index contributed by atoms with van der Waals surface area (Å²) in [7, 11) is 3.95. The van der Waals surface area contributed by atoms with Crippen LogP contribution in [0.15, 0.2) is 24.3 Å². The van der Waals surface area contributed by atoms with E-state index in [1.54, 1.807) is 7.11 Å². The summed E-state index contributed by atoms with van der Waals surface area (Å²) in [4.78, 5) is 15.3. The van der Waals surface area contributed by atoms with Crippen LogP contribution in [0.4, 0.5) is 0 Å². The number of likely N-dealkylation sites (tertiary alicyclic amines) is 1. The zero-order valence-electron chi connectivity index (χ0n) is 21.9. The Bertz CT molecular complexity index is 943. The molecule has 1 spiro atoms. The monoisotopic (exact) mass is 481 g/mol. The lowest BCUT2D eigenvalue weighted by Crippen LogP contribution is -2.65. The Hall–Kier alpha value is -2.01. The molecule has 1 aromatic carbocycles. The number of rotatable bonds is 12. The maximum Gasteiger partial charge on any atom is 0.306 e. The number of unbranched alkanes of at least 4 members (excludes halogenated alkanes) is 8. The van der Waals surface area contributed by atoms with Gasteiger partial charge in [-0.1, -0.05) is 70.4 Å². The molecule has 2 bridgehead atoms. The molecule has 0 radical (unpaired) electrons. The van der Waals surface area contributed by atoms with E-state index >= 15 is 0 Å². The molecule has 5 heteroatoms. The zero-order valence-corrected chi connectivity index (χ0v) is 21.9. The van der Waals surface area contributed by atoms with Gasteiger partial charge >= 0.3 is 5.97 Å². The number of benzene rings is 1. The van der Waals surface area contributed by atoms with Crippen molar-refractivity contribution in [2.45, 2.75) is 108 Å². The highest BCUT2D eigenvalue weighted by Gasteiger charge is 2.65. The Morgan fingerprint density at radius 1 is 1.09 bits per heavy atom. The smallest absolute Gasteiger partial charge is 0.306 e. The van der Waals surface area contributed by atoms with Crippen LogP contribution in [-0.2, 0) is 21.4 Å². The van der Waals surface area contributed by atoms with Crippen LogP contribution in [0, 0.1) is 5.92 Å². The molecular weight excluding hydrogens is 438 g/mol. The number of hydrogen-bond acceptors (Lipinski definition) is 5. The molecule has 0 amide bonds. The Labute approximate surface area is 211 Å². The molecule has 2 heterocycles. The minimum atomic E-state index is -0.343. The Morgan fingerprint density at radius 3 is 2.57 bits per heavy atom. The van der Waals surface area contributed by atoms with Crippen molar-refractivity contribution >= 4 is 5.97 Å². The van der Waals surface area contributed by atoms with E-state index in [-0.39, 0.29) is 23.6 Å². The summed E-state index contributed by atoms with van der Waals surface area (Å²) in [6.45, 7) is 3.29. The second-order valence-electron chi connectivity index (χ2n) is 11.2. The molecule has 2 aliphatic carbocycles. The molecule has 2 aliphatic heterocycles. The predicted octanol–water partition coefficient (Wildman–Crippen LogP) is 5.97. The van der Waals surface area contributed by atoms with Crippen molar-refractivity contribution < 1.29 is 19.0 Å². The average molecular weight is 482 g/mol. The van der Waals surface area contributed by atoms with Crippen LogP contribution in [0.2, 0.25) is 0 Å². The predicted molar refractivity (Wildman–Crippen MR) is 138 cm³/mol. The number of likely N-dealkylation sites (N-methyl/N-ethyl adjacent to an activating group) is 1. The van der Waals surface area contributed by atoms with Crippen LogP contribution in [0.1, 0.15) is 88.7 Å². The summed E-state index contributed by atoms with van der Waals surface area (Å²) >= 11 is 0. The van der Waals surface area contributed by atoms with Gasteiger partial charge in [0.1, 0.15) is 6.10 Å². The third-order valence-corrected chi connectivity index (χ3v) is 9.09. The maximum atomic E-state index is 12.8. The van der Waals surface area contributed by atoms with Gasteiger partial charge in [-0.05, 0) is 50.6 Å². The van der Waals surface area contributed by atoms with Crippen molar-refractivity contribution in [2.24, 2.45) is 5.92 Å². The second-order valence-corrected chi connectivity index (χ2v) is 11.2. The fourth-order valence-corrected chi connectivity index (χ4v) is 7.26. The minimum absolute atomic E-state index is 0.0931. The molecule has 0 aromatic heterocycles. The van der Waals surface area contributed by atoms with Crippen LogP contribution in [0.25, 0.3) is 0 Å². The van der Waals surface area contributed by atoms with E-state index in [9.17, 15) is 4.79 Å². The number of piperidine rings is 1. The first-order valence-electron chi connectivity index (χ1n) is 14.0. The van der Waals surface area contributed by atoms with Gasteiger partial charge in [0.15, 0.2) is 17.6 Å². The lowest BCUT2D eigenvalue weighted by atomic mass is 9.53. The van der Waals surface area contributed by atoms with E-state index < -0.39 is 0 Å². The normalized spacial score (nSPS) is 30.0. The van der Waals surface area contributed by atoms with Crippen molar-refractivity contribution in [1.29, 1.82) is 0 Å². The average Bonchev–Trinajstić information content (AvgIpc) is 3.21. The number of carbonyl (C=O) groups is 1. The quantitative estimate of drug-likeness (QED) is 0.209. The molecule has 4 aliphatic rings. The van der Waals surface area contributed by atoms with Crippen LogP contribution < -0.4 is 9.47 Å². The molecule has 5 rings (SSSR count). The van der Waals surface area contributed by atoms with Crippen molar-refractivity contribution in [3.63, 3.8) is 0 Å². The molecule has 35 heavy (non-hydrogen) atoms. The Balaban J connectivity index is 1.23. The van der Waals surface area contributed by atoms with Crippen LogP contribution >= 0.6 is 0 Å². The lowest BCUT2D eigenvalue weighted by molar-refractivity contribution is -0.155. The third kappa shape index (κ3) is 4.39. The lowest BCUT2D eigenvalue weighted by Gasteiger charge is -2.56. The summed E-state index contributed by atoms with van der Waals surface area (Å²) in [5.41, 5.74) is 2.55. The number of ether oxygens (including phenoxy) is 3. The SMILES string of the molecule is CCCCCCCCCCCC(=O)O[C@H]1C=C[C@H]2[C@H]3Cc4ccc(OC)c5c4[C@@]2(CCN3C)[C@H]1O5. The molecule has 0 unspecified atom stereocenters. The minimum Gasteiger partial charge on any atom is -0.493 e. The van der Waals surface area contributed by atoms with Crippen molar-refractivity contribution in [1.82, 2.24) is 4.90 Å². The number of esters is 1. The summed E-state index contributed by atoms with van der Waals surface area (Å²) in [6.07, 6.45) is 17.6. The molecule has 0 saturated carbocycles. The zero-order chi connectivity index (χ0) is 24.4. The fourth-order valence-electron chi connectivity index (χ4n) is 7.26. The molecule has 0 N–H and O–H groups in total. The summed E-state index contributed by atoms with van der Waals surface area (Å²) in [5, 5.41) is 0. The highest BCUT2D eigenvalue weighted by Crippen LogP contribution is 2.62. The van der Waals surface area contributed by atoms with Crippen molar-refractivity contribution in [3.8, 4) is 11.5 Å².